The molecule has 1 heterocycles. The number of aliphatic hydroxyl groups excluding tert-OH is 1. The molecule has 0 radical (unpaired) electrons. The lowest BCUT2D eigenvalue weighted by molar-refractivity contribution is -0.00140. The Bertz CT molecular complexity index is 433. The van der Waals surface area contributed by atoms with E-state index in [1.54, 1.807) is 0 Å². The van der Waals surface area contributed by atoms with Crippen LogP contribution in [0.3, 0.4) is 0 Å². The molecule has 2 nitrogen and oxygen atoms in total. The fourth-order valence-corrected chi connectivity index (χ4v) is 4.37. The molecule has 0 spiro atoms. The molecule has 1 aromatic rings. The third-order valence-corrected chi connectivity index (χ3v) is 5.63. The van der Waals surface area contributed by atoms with Crippen molar-refractivity contribution in [3.63, 3.8) is 0 Å². The molecule has 2 heteroatoms. The molecular formula is C19H29NO. The molecule has 2 aliphatic rings. The van der Waals surface area contributed by atoms with Crippen LogP contribution in [0, 0.1) is 17.8 Å². The molecule has 3 rings (SSSR count). The van der Waals surface area contributed by atoms with E-state index in [0.717, 1.165) is 38.9 Å². The second kappa shape index (κ2) is 6.50. The van der Waals surface area contributed by atoms with Gasteiger partial charge < -0.3 is 10.0 Å². The van der Waals surface area contributed by atoms with Gasteiger partial charge in [0, 0.05) is 25.6 Å². The van der Waals surface area contributed by atoms with Crippen LogP contribution in [-0.4, -0.2) is 35.7 Å². The number of nitrogens with zero attached hydrogens (tertiary/aromatic N) is 1. The fraction of sp³-hybridized carbons (Fsp3) is 0.684. The molecule has 1 fully saturated rings. The fourth-order valence-electron chi connectivity index (χ4n) is 4.37. The second-order valence-corrected chi connectivity index (χ2v) is 7.35. The summed E-state index contributed by atoms with van der Waals surface area (Å²) < 4.78 is 0. The van der Waals surface area contributed by atoms with Crippen molar-refractivity contribution in [3.8, 4) is 0 Å². The zero-order chi connectivity index (χ0) is 14.8. The normalized spacial score (nSPS) is 34.2. The number of benzene rings is 1. The van der Waals surface area contributed by atoms with Gasteiger partial charge in [0.05, 0.1) is 6.10 Å². The molecule has 0 amide bonds. The van der Waals surface area contributed by atoms with Crippen molar-refractivity contribution in [2.45, 2.75) is 45.6 Å². The third kappa shape index (κ3) is 3.49. The van der Waals surface area contributed by atoms with E-state index in [0.29, 0.717) is 17.8 Å². The average Bonchev–Trinajstić information content (AvgIpc) is 2.65. The summed E-state index contributed by atoms with van der Waals surface area (Å²) in [5.74, 6) is 1.79. The summed E-state index contributed by atoms with van der Waals surface area (Å²) in [6, 6.07) is 8.86. The van der Waals surface area contributed by atoms with Crippen LogP contribution in [0.1, 0.15) is 37.8 Å². The van der Waals surface area contributed by atoms with Gasteiger partial charge in [0.25, 0.3) is 0 Å². The van der Waals surface area contributed by atoms with E-state index in [1.165, 1.54) is 17.5 Å². The van der Waals surface area contributed by atoms with Gasteiger partial charge in [-0.15, -0.1) is 0 Å². The topological polar surface area (TPSA) is 23.5 Å². The van der Waals surface area contributed by atoms with E-state index in [4.69, 9.17) is 0 Å². The lowest BCUT2D eigenvalue weighted by Gasteiger charge is -2.39. The third-order valence-electron chi connectivity index (χ3n) is 5.63. The first-order chi connectivity index (χ1) is 10.1. The SMILES string of the molecule is CC1CC(C)C(CN2CCc3ccccc3CC2)C(O)C1. The Morgan fingerprint density at radius 2 is 1.67 bits per heavy atom. The molecule has 1 saturated carbocycles. The van der Waals surface area contributed by atoms with E-state index in [-0.39, 0.29) is 6.10 Å². The first-order valence-electron chi connectivity index (χ1n) is 8.60. The van der Waals surface area contributed by atoms with Crippen LogP contribution < -0.4 is 0 Å². The van der Waals surface area contributed by atoms with Gasteiger partial charge in [0.1, 0.15) is 0 Å². The largest absolute Gasteiger partial charge is 0.393 e. The van der Waals surface area contributed by atoms with Crippen molar-refractivity contribution >= 4 is 0 Å². The second-order valence-electron chi connectivity index (χ2n) is 7.35. The van der Waals surface area contributed by atoms with Gasteiger partial charge in [-0.2, -0.15) is 0 Å². The van der Waals surface area contributed by atoms with Crippen LogP contribution in [0.4, 0.5) is 0 Å². The van der Waals surface area contributed by atoms with E-state index < -0.39 is 0 Å². The van der Waals surface area contributed by atoms with E-state index >= 15 is 0 Å². The quantitative estimate of drug-likeness (QED) is 0.903. The number of hydrogen-bond acceptors (Lipinski definition) is 2. The molecule has 1 N–H and O–H groups in total. The molecule has 4 unspecified atom stereocenters. The van der Waals surface area contributed by atoms with Crippen LogP contribution >= 0.6 is 0 Å². The monoisotopic (exact) mass is 287 g/mol. The summed E-state index contributed by atoms with van der Waals surface area (Å²) >= 11 is 0. The Hall–Kier alpha value is -0.860. The van der Waals surface area contributed by atoms with Crippen LogP contribution in [0.2, 0.25) is 0 Å². The van der Waals surface area contributed by atoms with Crippen molar-refractivity contribution in [1.29, 1.82) is 0 Å². The highest BCUT2D eigenvalue weighted by molar-refractivity contribution is 5.28. The van der Waals surface area contributed by atoms with Gasteiger partial charge in [-0.25, -0.2) is 0 Å². The first kappa shape index (κ1) is 15.1. The predicted molar refractivity (Wildman–Crippen MR) is 87.3 cm³/mol. The highest BCUT2D eigenvalue weighted by atomic mass is 16.3. The summed E-state index contributed by atoms with van der Waals surface area (Å²) in [5.41, 5.74) is 3.04. The van der Waals surface area contributed by atoms with Crippen LogP contribution in [-0.2, 0) is 12.8 Å². The molecule has 1 aliphatic carbocycles. The van der Waals surface area contributed by atoms with Crippen LogP contribution in [0.15, 0.2) is 24.3 Å². The standard InChI is InChI=1S/C19H29NO/c1-14-11-15(2)18(19(21)12-14)13-20-9-7-16-5-3-4-6-17(16)8-10-20/h3-6,14-15,18-19,21H,7-13H2,1-2H3. The van der Waals surface area contributed by atoms with Crippen molar-refractivity contribution < 1.29 is 5.11 Å². The predicted octanol–water partition coefficient (Wildman–Crippen LogP) is 3.13. The average molecular weight is 287 g/mol. The van der Waals surface area contributed by atoms with E-state index in [9.17, 15) is 5.11 Å². The van der Waals surface area contributed by atoms with E-state index in [1.807, 2.05) is 0 Å². The number of rotatable bonds is 2. The molecule has 1 aromatic carbocycles. The van der Waals surface area contributed by atoms with E-state index in [2.05, 4.69) is 43.0 Å². The van der Waals surface area contributed by atoms with Gasteiger partial charge in [0.2, 0.25) is 0 Å². The molecule has 116 valence electrons. The summed E-state index contributed by atoms with van der Waals surface area (Å²) in [6.07, 6.45) is 4.47. The lowest BCUT2D eigenvalue weighted by atomic mass is 9.73. The minimum absolute atomic E-state index is 0.102. The summed E-state index contributed by atoms with van der Waals surface area (Å²) in [7, 11) is 0. The zero-order valence-corrected chi connectivity index (χ0v) is 13.5. The maximum absolute atomic E-state index is 10.5. The van der Waals surface area contributed by atoms with Crippen molar-refractivity contribution in [3.05, 3.63) is 35.4 Å². The van der Waals surface area contributed by atoms with Gasteiger partial charge in [-0.3, -0.25) is 0 Å². The van der Waals surface area contributed by atoms with Crippen LogP contribution in [0.5, 0.6) is 0 Å². The Labute approximate surface area is 129 Å². The number of hydrogen-bond donors (Lipinski definition) is 1. The molecular weight excluding hydrogens is 258 g/mol. The number of fused-ring (bicyclic) bond motifs is 1. The van der Waals surface area contributed by atoms with Gasteiger partial charge in [-0.05, 0) is 48.6 Å². The molecule has 1 aliphatic heterocycles. The minimum atomic E-state index is -0.102. The molecule has 0 bridgehead atoms. The summed E-state index contributed by atoms with van der Waals surface area (Å²) in [5, 5.41) is 10.5. The molecule has 21 heavy (non-hydrogen) atoms. The maximum atomic E-state index is 10.5. The smallest absolute Gasteiger partial charge is 0.0585 e. The minimum Gasteiger partial charge on any atom is -0.393 e. The zero-order valence-electron chi connectivity index (χ0n) is 13.5. The highest BCUT2D eigenvalue weighted by Crippen LogP contribution is 2.34. The Balaban J connectivity index is 1.62. The Morgan fingerprint density at radius 1 is 1.05 bits per heavy atom. The highest BCUT2D eigenvalue weighted by Gasteiger charge is 2.34. The van der Waals surface area contributed by atoms with Crippen molar-refractivity contribution in [2.24, 2.45) is 17.8 Å². The van der Waals surface area contributed by atoms with Crippen molar-refractivity contribution in [1.82, 2.24) is 4.90 Å². The van der Waals surface area contributed by atoms with Gasteiger partial charge in [0.15, 0.2) is 0 Å². The first-order valence-corrected chi connectivity index (χ1v) is 8.60. The molecule has 0 aromatic heterocycles. The summed E-state index contributed by atoms with van der Waals surface area (Å²) in [6.45, 7) is 7.96. The Kier molecular flexibility index (Phi) is 4.66. The van der Waals surface area contributed by atoms with Gasteiger partial charge >= 0.3 is 0 Å². The maximum Gasteiger partial charge on any atom is 0.0585 e. The van der Waals surface area contributed by atoms with Gasteiger partial charge in [-0.1, -0.05) is 38.1 Å². The summed E-state index contributed by atoms with van der Waals surface area (Å²) in [4.78, 5) is 2.58. The van der Waals surface area contributed by atoms with Crippen molar-refractivity contribution in [2.75, 3.05) is 19.6 Å². The number of aliphatic hydroxyl groups is 1. The Morgan fingerprint density at radius 3 is 2.24 bits per heavy atom. The lowest BCUT2D eigenvalue weighted by Crippen LogP contribution is -2.43. The molecule has 4 atom stereocenters. The molecule has 0 saturated heterocycles. The van der Waals surface area contributed by atoms with Crippen LogP contribution in [0.25, 0.3) is 0 Å².